The van der Waals surface area contributed by atoms with E-state index < -0.39 is 5.82 Å². The van der Waals surface area contributed by atoms with E-state index in [9.17, 15) is 0 Å². The molecule has 168 valence electrons. The lowest BCUT2D eigenvalue weighted by Gasteiger charge is -2.11. The zero-order valence-corrected chi connectivity index (χ0v) is 19.2. The first-order chi connectivity index (χ1) is 16.6. The number of halogens is 1. The van der Waals surface area contributed by atoms with Gasteiger partial charge in [0, 0.05) is 52.9 Å². The highest BCUT2D eigenvalue weighted by atomic mass is 32.1. The van der Waals surface area contributed by atoms with E-state index in [0.717, 1.165) is 21.5 Å². The van der Waals surface area contributed by atoms with Crippen LogP contribution in [0.2, 0.25) is 0 Å². The van der Waals surface area contributed by atoms with Crippen molar-refractivity contribution in [1.29, 1.82) is 0 Å². The van der Waals surface area contributed by atoms with Gasteiger partial charge in [-0.05, 0) is 43.2 Å². The highest BCUT2D eigenvalue weighted by molar-refractivity contribution is 7.13. The van der Waals surface area contributed by atoms with E-state index in [1.165, 1.54) is 6.20 Å². The fraction of sp³-hybridized carbons (Fsp3) is 0.125. The summed E-state index contributed by atoms with van der Waals surface area (Å²) in [5, 5.41) is 9.41. The number of hydrogen-bond acceptors (Lipinski definition) is 7. The molecule has 10 heteroatoms. The zero-order valence-electron chi connectivity index (χ0n) is 18.4. The summed E-state index contributed by atoms with van der Waals surface area (Å²) in [5.41, 5.74) is 5.03. The van der Waals surface area contributed by atoms with Gasteiger partial charge < -0.3 is 9.88 Å². The highest BCUT2D eigenvalue weighted by Crippen LogP contribution is 2.35. The fourth-order valence-corrected chi connectivity index (χ4v) is 4.83. The van der Waals surface area contributed by atoms with Crippen LogP contribution in [0.1, 0.15) is 5.56 Å². The number of nitrogens with zero attached hydrogens (tertiary/aromatic N) is 6. The van der Waals surface area contributed by atoms with Crippen molar-refractivity contribution in [3.05, 3.63) is 65.8 Å². The fourth-order valence-electron chi connectivity index (χ4n) is 4.08. The van der Waals surface area contributed by atoms with Crippen LogP contribution >= 0.6 is 11.3 Å². The zero-order chi connectivity index (χ0) is 23.2. The average Bonchev–Trinajstić information content (AvgIpc) is 3.57. The first-order valence-electron chi connectivity index (χ1n) is 10.6. The molecule has 2 N–H and O–H groups in total. The summed E-state index contributed by atoms with van der Waals surface area (Å²) in [6, 6.07) is 7.91. The van der Waals surface area contributed by atoms with E-state index in [1.807, 2.05) is 48.6 Å². The Morgan fingerprint density at radius 3 is 2.79 bits per heavy atom. The molecule has 34 heavy (non-hydrogen) atoms. The minimum absolute atomic E-state index is 0.271. The molecule has 0 aromatic carbocycles. The molecule has 0 aliphatic rings. The third-order valence-corrected chi connectivity index (χ3v) is 6.44. The van der Waals surface area contributed by atoms with Crippen molar-refractivity contribution in [2.24, 2.45) is 0 Å². The van der Waals surface area contributed by atoms with Crippen LogP contribution in [0.25, 0.3) is 55.3 Å². The molecular formula is C24H19FN8S. The number of aromatic amines is 2. The van der Waals surface area contributed by atoms with Crippen LogP contribution in [0.3, 0.4) is 0 Å². The molecule has 6 rings (SSSR count). The third-order valence-electron chi connectivity index (χ3n) is 5.54. The average molecular weight is 471 g/mol. The summed E-state index contributed by atoms with van der Waals surface area (Å²) in [5.74, 6) is 0.0239. The molecule has 0 amide bonds. The summed E-state index contributed by atoms with van der Waals surface area (Å²) < 4.78 is 15.9. The molecular weight excluding hydrogens is 451 g/mol. The van der Waals surface area contributed by atoms with E-state index >= 15 is 4.39 Å². The van der Waals surface area contributed by atoms with E-state index in [4.69, 9.17) is 0 Å². The second-order valence-corrected chi connectivity index (χ2v) is 9.17. The lowest BCUT2D eigenvalue weighted by Crippen LogP contribution is -2.10. The maximum absolute atomic E-state index is 15.9. The molecule has 0 saturated heterocycles. The molecule has 0 aliphatic heterocycles. The van der Waals surface area contributed by atoms with Gasteiger partial charge in [0.05, 0.1) is 10.9 Å². The Hall–Kier alpha value is -4.02. The summed E-state index contributed by atoms with van der Waals surface area (Å²) in [7, 11) is 3.95. The summed E-state index contributed by atoms with van der Waals surface area (Å²) in [6.45, 7) is 0.702. The molecule has 6 aromatic rings. The van der Waals surface area contributed by atoms with Crippen LogP contribution in [0, 0.1) is 5.82 Å². The van der Waals surface area contributed by atoms with Crippen molar-refractivity contribution in [2.45, 2.75) is 6.54 Å². The first kappa shape index (κ1) is 20.6. The molecule has 0 saturated carbocycles. The molecule has 0 unspecified atom stereocenters. The largest absolute Gasteiger partial charge is 0.335 e. The monoisotopic (exact) mass is 470 g/mol. The second kappa shape index (κ2) is 8.08. The SMILES string of the molecule is CN(C)Cc1cncc(-c2cnc3n[nH]c(-c4nc5nccc(-c6cccs6)c5[nH]4)c3c2F)c1. The maximum atomic E-state index is 15.9. The van der Waals surface area contributed by atoms with Crippen LogP contribution < -0.4 is 0 Å². The number of hydrogen-bond donors (Lipinski definition) is 2. The minimum Gasteiger partial charge on any atom is -0.335 e. The Morgan fingerprint density at radius 1 is 1.06 bits per heavy atom. The molecule has 0 bridgehead atoms. The number of H-pyrrole nitrogens is 2. The van der Waals surface area contributed by atoms with Gasteiger partial charge in [-0.3, -0.25) is 10.1 Å². The molecule has 0 fully saturated rings. The van der Waals surface area contributed by atoms with Gasteiger partial charge in [0.15, 0.2) is 17.1 Å². The van der Waals surface area contributed by atoms with E-state index in [1.54, 1.807) is 29.9 Å². The van der Waals surface area contributed by atoms with Gasteiger partial charge in [-0.25, -0.2) is 19.3 Å². The quantitative estimate of drug-likeness (QED) is 0.372. The lowest BCUT2D eigenvalue weighted by atomic mass is 10.1. The summed E-state index contributed by atoms with van der Waals surface area (Å²) in [6.07, 6.45) is 6.64. The van der Waals surface area contributed by atoms with Crippen LogP contribution in [0.5, 0.6) is 0 Å². The summed E-state index contributed by atoms with van der Waals surface area (Å²) >= 11 is 1.63. The van der Waals surface area contributed by atoms with Gasteiger partial charge in [0.2, 0.25) is 0 Å². The lowest BCUT2D eigenvalue weighted by molar-refractivity contribution is 0.402. The number of rotatable bonds is 5. The Morgan fingerprint density at radius 2 is 1.97 bits per heavy atom. The molecule has 8 nitrogen and oxygen atoms in total. The molecule has 0 atom stereocenters. The van der Waals surface area contributed by atoms with Crippen molar-refractivity contribution < 1.29 is 4.39 Å². The van der Waals surface area contributed by atoms with Crippen LogP contribution in [0.4, 0.5) is 4.39 Å². The van der Waals surface area contributed by atoms with Gasteiger partial charge in [-0.1, -0.05) is 6.07 Å². The van der Waals surface area contributed by atoms with Crippen molar-refractivity contribution in [2.75, 3.05) is 14.1 Å². The van der Waals surface area contributed by atoms with Crippen LogP contribution in [-0.2, 0) is 6.54 Å². The smallest absolute Gasteiger partial charge is 0.184 e. The number of imidazole rings is 1. The molecule has 6 aromatic heterocycles. The van der Waals surface area contributed by atoms with Crippen molar-refractivity contribution in [3.8, 4) is 33.1 Å². The van der Waals surface area contributed by atoms with Gasteiger partial charge in [0.1, 0.15) is 11.5 Å². The van der Waals surface area contributed by atoms with E-state index in [-0.39, 0.29) is 11.0 Å². The highest BCUT2D eigenvalue weighted by Gasteiger charge is 2.21. The molecule has 0 radical (unpaired) electrons. The van der Waals surface area contributed by atoms with Crippen LogP contribution in [0.15, 0.2) is 54.4 Å². The van der Waals surface area contributed by atoms with Gasteiger partial charge >= 0.3 is 0 Å². The Labute approximate surface area is 197 Å². The van der Waals surface area contributed by atoms with Gasteiger partial charge in [-0.2, -0.15) is 5.10 Å². The van der Waals surface area contributed by atoms with Crippen LogP contribution in [-0.4, -0.2) is 54.1 Å². The van der Waals surface area contributed by atoms with E-state index in [2.05, 4.69) is 35.1 Å². The molecule has 0 aliphatic carbocycles. The normalized spacial score (nSPS) is 11.8. The first-order valence-corrected chi connectivity index (χ1v) is 11.5. The van der Waals surface area contributed by atoms with Gasteiger partial charge in [-0.15, -0.1) is 11.3 Å². The van der Waals surface area contributed by atoms with Crippen molar-refractivity contribution in [3.63, 3.8) is 0 Å². The Bertz CT molecular complexity index is 1630. The number of thiophene rings is 1. The number of aromatic nitrogens is 7. The predicted octanol–water partition coefficient (Wildman–Crippen LogP) is 4.89. The second-order valence-electron chi connectivity index (χ2n) is 8.22. The molecule has 0 spiro atoms. The van der Waals surface area contributed by atoms with Crippen molar-refractivity contribution >= 4 is 33.5 Å². The number of nitrogens with one attached hydrogen (secondary N) is 2. The standard InChI is InChI=1S/C24H19FN8S/c1-33(2)12-13-8-14(10-26-9-13)16-11-28-22-18(19(16)25)21(31-32-22)24-29-20-15(17-4-3-7-34-17)5-6-27-23(20)30-24/h3-11H,12H2,1-2H3,(H,27,29,30)(H,28,31,32). The Balaban J connectivity index is 1.50. The predicted molar refractivity (Wildman–Crippen MR) is 131 cm³/mol. The third kappa shape index (κ3) is 3.44. The minimum atomic E-state index is -0.426. The van der Waals surface area contributed by atoms with E-state index in [0.29, 0.717) is 34.8 Å². The van der Waals surface area contributed by atoms with Crippen molar-refractivity contribution in [1.82, 2.24) is 40.0 Å². The maximum Gasteiger partial charge on any atom is 0.184 e. The van der Waals surface area contributed by atoms with Gasteiger partial charge in [0.25, 0.3) is 0 Å². The molecule has 6 heterocycles. The summed E-state index contributed by atoms with van der Waals surface area (Å²) in [4.78, 5) is 24.1. The Kier molecular flexibility index (Phi) is 4.89. The number of fused-ring (bicyclic) bond motifs is 2. The topological polar surface area (TPSA) is 99.3 Å². The number of pyridine rings is 3.